The molecule has 7 heteroatoms. The monoisotopic (exact) mass is 481 g/mol. The molecule has 0 saturated carbocycles. The fraction of sp³-hybridized carbons (Fsp3) is 0.240. The Morgan fingerprint density at radius 2 is 1.94 bits per heavy atom. The molecule has 32 heavy (non-hydrogen) atoms. The van der Waals surface area contributed by atoms with Crippen LogP contribution in [-0.4, -0.2) is 21.6 Å². The van der Waals surface area contributed by atoms with Crippen LogP contribution >= 0.6 is 34.7 Å². The molecule has 4 rings (SSSR count). The zero-order valence-electron chi connectivity index (χ0n) is 18.0. The highest BCUT2D eigenvalue weighted by Crippen LogP contribution is 2.34. The Morgan fingerprint density at radius 1 is 1.12 bits per heavy atom. The normalized spacial score (nSPS) is 11.2. The Labute approximate surface area is 201 Å². The van der Waals surface area contributed by atoms with Crippen LogP contribution in [0.3, 0.4) is 0 Å². The fourth-order valence-corrected chi connectivity index (χ4v) is 5.38. The third-order valence-electron chi connectivity index (χ3n) is 5.05. The molecule has 0 atom stereocenters. The number of carbonyl (C=O) groups is 1. The van der Waals surface area contributed by atoms with E-state index in [9.17, 15) is 4.79 Å². The van der Waals surface area contributed by atoms with E-state index in [-0.39, 0.29) is 5.91 Å². The Balaban J connectivity index is 1.57. The maximum absolute atomic E-state index is 13.3. The van der Waals surface area contributed by atoms with Gasteiger partial charge in [0.15, 0.2) is 5.13 Å². The van der Waals surface area contributed by atoms with Gasteiger partial charge in [0, 0.05) is 34.5 Å². The lowest BCUT2D eigenvalue weighted by atomic mass is 10.0. The number of thiazole rings is 1. The van der Waals surface area contributed by atoms with Crippen molar-refractivity contribution in [2.24, 2.45) is 0 Å². The van der Waals surface area contributed by atoms with Gasteiger partial charge < -0.3 is 0 Å². The number of hydrogen-bond donors (Lipinski definition) is 0. The van der Waals surface area contributed by atoms with Gasteiger partial charge in [0.05, 0.1) is 16.8 Å². The number of benzene rings is 2. The van der Waals surface area contributed by atoms with Crippen LogP contribution in [0.5, 0.6) is 0 Å². The first-order chi connectivity index (χ1) is 15.5. The highest BCUT2D eigenvalue weighted by Gasteiger charge is 2.21. The van der Waals surface area contributed by atoms with Gasteiger partial charge in [-0.2, -0.15) is 0 Å². The largest absolute Gasteiger partial charge is 0.284 e. The first-order valence-electron chi connectivity index (χ1n) is 10.5. The van der Waals surface area contributed by atoms with E-state index in [1.54, 1.807) is 40.4 Å². The lowest BCUT2D eigenvalue weighted by Gasteiger charge is -2.20. The maximum Gasteiger partial charge on any atom is 0.229 e. The van der Waals surface area contributed by atoms with Crippen LogP contribution in [-0.2, 0) is 11.3 Å². The van der Waals surface area contributed by atoms with Crippen molar-refractivity contribution in [3.05, 3.63) is 83.1 Å². The van der Waals surface area contributed by atoms with Gasteiger partial charge in [-0.05, 0) is 53.4 Å². The molecule has 4 nitrogen and oxygen atoms in total. The number of anilines is 1. The molecule has 0 bridgehead atoms. The molecule has 0 fully saturated rings. The minimum Gasteiger partial charge on any atom is -0.284 e. The lowest BCUT2D eigenvalue weighted by Crippen LogP contribution is -2.30. The van der Waals surface area contributed by atoms with E-state index in [4.69, 9.17) is 16.6 Å². The maximum atomic E-state index is 13.3. The van der Waals surface area contributed by atoms with Crippen LogP contribution < -0.4 is 4.90 Å². The highest BCUT2D eigenvalue weighted by molar-refractivity contribution is 7.99. The summed E-state index contributed by atoms with van der Waals surface area (Å²) >= 11 is 9.19. The SMILES string of the molecule is CC(C)c1cccc2sc(N(Cc3cccnc3)C(=O)CCSc3ccc(Cl)cc3)nc12. The average Bonchev–Trinajstić information content (AvgIpc) is 3.23. The number of fused-ring (bicyclic) bond motifs is 1. The zero-order chi connectivity index (χ0) is 22.5. The Bertz CT molecular complexity index is 1190. The Hall–Kier alpha value is -2.41. The summed E-state index contributed by atoms with van der Waals surface area (Å²) in [5.41, 5.74) is 3.17. The first-order valence-corrected chi connectivity index (χ1v) is 12.7. The van der Waals surface area contributed by atoms with Crippen LogP contribution in [0.4, 0.5) is 5.13 Å². The molecule has 0 N–H and O–H groups in total. The third kappa shape index (κ3) is 5.49. The number of rotatable bonds is 8. The Kier molecular flexibility index (Phi) is 7.45. The molecule has 0 radical (unpaired) electrons. The number of para-hydroxylation sites is 1. The van der Waals surface area contributed by atoms with Gasteiger partial charge in [-0.15, -0.1) is 11.8 Å². The van der Waals surface area contributed by atoms with Crippen molar-refractivity contribution in [1.82, 2.24) is 9.97 Å². The second-order valence-electron chi connectivity index (χ2n) is 7.74. The van der Waals surface area contributed by atoms with E-state index in [0.29, 0.717) is 29.7 Å². The molecule has 0 spiro atoms. The van der Waals surface area contributed by atoms with Crippen molar-refractivity contribution in [1.29, 1.82) is 0 Å². The van der Waals surface area contributed by atoms with Gasteiger partial charge in [-0.3, -0.25) is 14.7 Å². The van der Waals surface area contributed by atoms with E-state index < -0.39 is 0 Å². The molecule has 2 aromatic carbocycles. The highest BCUT2D eigenvalue weighted by atomic mass is 35.5. The molecule has 2 aromatic heterocycles. The minimum absolute atomic E-state index is 0.0560. The van der Waals surface area contributed by atoms with Crippen molar-refractivity contribution in [3.8, 4) is 0 Å². The van der Waals surface area contributed by atoms with E-state index in [1.165, 1.54) is 5.56 Å². The van der Waals surface area contributed by atoms with Crippen molar-refractivity contribution >= 4 is 56.0 Å². The van der Waals surface area contributed by atoms with Gasteiger partial charge in [-0.1, -0.05) is 55.0 Å². The van der Waals surface area contributed by atoms with Gasteiger partial charge >= 0.3 is 0 Å². The van der Waals surface area contributed by atoms with E-state index in [0.717, 1.165) is 25.8 Å². The summed E-state index contributed by atoms with van der Waals surface area (Å²) in [6.07, 6.45) is 3.96. The molecular weight excluding hydrogens is 458 g/mol. The molecule has 2 heterocycles. The number of pyridine rings is 1. The predicted molar refractivity (Wildman–Crippen MR) is 136 cm³/mol. The third-order valence-corrected chi connectivity index (χ3v) is 7.36. The van der Waals surface area contributed by atoms with Crippen LogP contribution in [0.25, 0.3) is 10.2 Å². The van der Waals surface area contributed by atoms with Crippen LogP contribution in [0, 0.1) is 0 Å². The molecule has 1 amide bonds. The number of nitrogens with zero attached hydrogens (tertiary/aromatic N) is 3. The number of carbonyl (C=O) groups excluding carboxylic acids is 1. The smallest absolute Gasteiger partial charge is 0.229 e. The standard InChI is InChI=1S/C25H24ClN3OS2/c1-17(2)21-6-3-7-22-24(21)28-25(32-22)29(16-18-5-4-13-27-15-18)23(30)12-14-31-20-10-8-19(26)9-11-20/h3-11,13,15,17H,12,14,16H2,1-2H3. The second-order valence-corrected chi connectivity index (χ2v) is 10.4. The Morgan fingerprint density at radius 3 is 2.66 bits per heavy atom. The summed E-state index contributed by atoms with van der Waals surface area (Å²) in [6, 6.07) is 17.8. The van der Waals surface area contributed by atoms with Crippen molar-refractivity contribution in [2.45, 2.75) is 37.6 Å². The average molecular weight is 482 g/mol. The van der Waals surface area contributed by atoms with Gasteiger partial charge in [-0.25, -0.2) is 4.98 Å². The summed E-state index contributed by atoms with van der Waals surface area (Å²) in [4.78, 5) is 25.3. The molecule has 0 aliphatic carbocycles. The molecule has 0 aliphatic heterocycles. The molecular formula is C25H24ClN3OS2. The number of halogens is 1. The zero-order valence-corrected chi connectivity index (χ0v) is 20.4. The van der Waals surface area contributed by atoms with Crippen LogP contribution in [0.2, 0.25) is 5.02 Å². The molecule has 0 saturated heterocycles. The molecule has 164 valence electrons. The predicted octanol–water partition coefficient (Wildman–Crippen LogP) is 7.18. The topological polar surface area (TPSA) is 46.1 Å². The molecule has 0 unspecified atom stereocenters. The summed E-state index contributed by atoms with van der Waals surface area (Å²) in [5.74, 6) is 1.11. The fourth-order valence-electron chi connectivity index (χ4n) is 3.40. The van der Waals surface area contributed by atoms with Crippen molar-refractivity contribution < 1.29 is 4.79 Å². The minimum atomic E-state index is 0.0560. The number of amides is 1. The quantitative estimate of drug-likeness (QED) is 0.250. The molecule has 0 aliphatic rings. The first kappa shape index (κ1) is 22.8. The van der Waals surface area contributed by atoms with E-state index >= 15 is 0 Å². The number of aromatic nitrogens is 2. The van der Waals surface area contributed by atoms with Crippen LogP contribution in [0.15, 0.2) is 71.9 Å². The van der Waals surface area contributed by atoms with Gasteiger partial charge in [0.25, 0.3) is 0 Å². The van der Waals surface area contributed by atoms with E-state index in [2.05, 4.69) is 37.0 Å². The van der Waals surface area contributed by atoms with Crippen LogP contribution in [0.1, 0.15) is 37.3 Å². The van der Waals surface area contributed by atoms with Gasteiger partial charge in [0.2, 0.25) is 5.91 Å². The van der Waals surface area contributed by atoms with Crippen molar-refractivity contribution in [2.75, 3.05) is 10.7 Å². The number of thioether (sulfide) groups is 1. The van der Waals surface area contributed by atoms with E-state index in [1.807, 2.05) is 36.4 Å². The second kappa shape index (κ2) is 10.5. The lowest BCUT2D eigenvalue weighted by molar-refractivity contribution is -0.118. The summed E-state index contributed by atoms with van der Waals surface area (Å²) in [5, 5.41) is 1.45. The number of hydrogen-bond acceptors (Lipinski definition) is 5. The van der Waals surface area contributed by atoms with Crippen molar-refractivity contribution in [3.63, 3.8) is 0 Å². The summed E-state index contributed by atoms with van der Waals surface area (Å²) in [6.45, 7) is 4.79. The molecule has 4 aromatic rings. The van der Waals surface area contributed by atoms with Gasteiger partial charge in [0.1, 0.15) is 0 Å². The summed E-state index contributed by atoms with van der Waals surface area (Å²) < 4.78 is 1.10. The summed E-state index contributed by atoms with van der Waals surface area (Å²) in [7, 11) is 0.